The molecule has 0 saturated heterocycles. The highest BCUT2D eigenvalue weighted by atomic mass is 32.2. The number of urea groups is 1. The number of nitrogens with one attached hydrogen (secondary N) is 2. The SMILES string of the molecule is C[C@@H](NC(=O)NC1CCCC1)c1ccc(S(N)(=O)=O)cc1. The molecule has 0 aromatic heterocycles. The van der Waals surface area contributed by atoms with Crippen molar-refractivity contribution in [2.45, 2.75) is 49.6 Å². The molecule has 0 bridgehead atoms. The Balaban J connectivity index is 1.93. The topological polar surface area (TPSA) is 101 Å². The zero-order valence-electron chi connectivity index (χ0n) is 12.0. The molecular formula is C14H21N3O3S. The maximum absolute atomic E-state index is 11.9. The molecule has 0 heterocycles. The Kier molecular flexibility index (Phi) is 4.84. The fourth-order valence-corrected chi connectivity index (χ4v) is 3.04. The smallest absolute Gasteiger partial charge is 0.315 e. The van der Waals surface area contributed by atoms with Crippen molar-refractivity contribution in [1.82, 2.24) is 10.6 Å². The molecule has 0 spiro atoms. The van der Waals surface area contributed by atoms with Gasteiger partial charge in [0, 0.05) is 6.04 Å². The van der Waals surface area contributed by atoms with Crippen molar-refractivity contribution in [3.63, 3.8) is 0 Å². The lowest BCUT2D eigenvalue weighted by molar-refractivity contribution is 0.234. The van der Waals surface area contributed by atoms with E-state index in [-0.39, 0.29) is 23.0 Å². The number of hydrogen-bond donors (Lipinski definition) is 3. The van der Waals surface area contributed by atoms with Crippen LogP contribution in [0.5, 0.6) is 0 Å². The third-order valence-corrected chi connectivity index (χ3v) is 4.68. The van der Waals surface area contributed by atoms with Crippen LogP contribution in [0.25, 0.3) is 0 Å². The van der Waals surface area contributed by atoms with Crippen molar-refractivity contribution >= 4 is 16.1 Å². The Morgan fingerprint density at radius 1 is 1.24 bits per heavy atom. The maximum Gasteiger partial charge on any atom is 0.315 e. The van der Waals surface area contributed by atoms with Crippen LogP contribution in [0, 0.1) is 0 Å². The Morgan fingerprint density at radius 3 is 2.33 bits per heavy atom. The fourth-order valence-electron chi connectivity index (χ4n) is 2.52. The number of nitrogens with two attached hydrogens (primary N) is 1. The summed E-state index contributed by atoms with van der Waals surface area (Å²) in [5, 5.41) is 10.8. The number of benzene rings is 1. The second kappa shape index (κ2) is 6.44. The second-order valence-electron chi connectivity index (χ2n) is 5.43. The van der Waals surface area contributed by atoms with Gasteiger partial charge in [-0.3, -0.25) is 0 Å². The van der Waals surface area contributed by atoms with Crippen LogP contribution in [0.3, 0.4) is 0 Å². The minimum absolute atomic E-state index is 0.0638. The Morgan fingerprint density at radius 2 is 1.81 bits per heavy atom. The molecule has 6 nitrogen and oxygen atoms in total. The first-order valence-electron chi connectivity index (χ1n) is 7.06. The molecule has 4 N–H and O–H groups in total. The number of sulfonamides is 1. The number of carbonyl (C=O) groups is 1. The molecule has 1 aromatic rings. The minimum atomic E-state index is -3.68. The van der Waals surface area contributed by atoms with Gasteiger partial charge in [-0.25, -0.2) is 18.4 Å². The van der Waals surface area contributed by atoms with E-state index in [2.05, 4.69) is 10.6 Å². The third-order valence-electron chi connectivity index (χ3n) is 3.75. The standard InChI is InChI=1S/C14H21N3O3S/c1-10(16-14(18)17-12-4-2-3-5-12)11-6-8-13(9-7-11)21(15,19)20/h6-10,12H,2-5H2,1H3,(H2,15,19,20)(H2,16,17,18)/t10-/m1/s1. The van der Waals surface area contributed by atoms with E-state index in [1.165, 1.54) is 12.1 Å². The Bertz CT molecular complexity index is 592. The first-order valence-corrected chi connectivity index (χ1v) is 8.60. The van der Waals surface area contributed by atoms with Gasteiger partial charge in [0.05, 0.1) is 10.9 Å². The van der Waals surface area contributed by atoms with E-state index in [4.69, 9.17) is 5.14 Å². The lowest BCUT2D eigenvalue weighted by Gasteiger charge is -2.18. The Labute approximate surface area is 125 Å². The van der Waals surface area contributed by atoms with E-state index in [0.717, 1.165) is 31.2 Å². The van der Waals surface area contributed by atoms with E-state index >= 15 is 0 Å². The van der Waals surface area contributed by atoms with Gasteiger partial charge in [-0.2, -0.15) is 0 Å². The molecule has 1 fully saturated rings. The molecular weight excluding hydrogens is 290 g/mol. The van der Waals surface area contributed by atoms with Gasteiger partial charge in [0.1, 0.15) is 0 Å². The lowest BCUT2D eigenvalue weighted by Crippen LogP contribution is -2.41. The molecule has 1 aliphatic rings. The van der Waals surface area contributed by atoms with Crippen LogP contribution in [0.1, 0.15) is 44.2 Å². The van der Waals surface area contributed by atoms with Crippen LogP contribution < -0.4 is 15.8 Å². The zero-order chi connectivity index (χ0) is 15.5. The molecule has 2 amide bonds. The normalized spacial score (nSPS) is 17.4. The predicted molar refractivity (Wildman–Crippen MR) is 80.2 cm³/mol. The van der Waals surface area contributed by atoms with E-state index in [1.807, 2.05) is 6.92 Å². The summed E-state index contributed by atoms with van der Waals surface area (Å²) < 4.78 is 22.4. The van der Waals surface area contributed by atoms with E-state index in [1.54, 1.807) is 12.1 Å². The molecule has 21 heavy (non-hydrogen) atoms. The van der Waals surface area contributed by atoms with Crippen molar-refractivity contribution in [2.75, 3.05) is 0 Å². The van der Waals surface area contributed by atoms with Crippen LogP contribution >= 0.6 is 0 Å². The third kappa shape index (κ3) is 4.44. The van der Waals surface area contributed by atoms with Gasteiger partial charge in [0.15, 0.2) is 0 Å². The van der Waals surface area contributed by atoms with Crippen molar-refractivity contribution in [3.8, 4) is 0 Å². The van der Waals surface area contributed by atoms with Crippen LogP contribution in [0.2, 0.25) is 0 Å². The molecule has 0 radical (unpaired) electrons. The minimum Gasteiger partial charge on any atom is -0.335 e. The summed E-state index contributed by atoms with van der Waals surface area (Å²) in [6.07, 6.45) is 4.39. The highest BCUT2D eigenvalue weighted by molar-refractivity contribution is 7.89. The quantitative estimate of drug-likeness (QED) is 0.787. The zero-order valence-corrected chi connectivity index (χ0v) is 12.8. The highest BCUT2D eigenvalue weighted by Gasteiger charge is 2.18. The number of hydrogen-bond acceptors (Lipinski definition) is 3. The van der Waals surface area contributed by atoms with Gasteiger partial charge in [0.25, 0.3) is 0 Å². The summed E-state index contributed by atoms with van der Waals surface area (Å²) in [5.74, 6) is 0. The van der Waals surface area contributed by atoms with Crippen LogP contribution in [0.4, 0.5) is 4.79 Å². The molecule has 0 aliphatic heterocycles. The van der Waals surface area contributed by atoms with E-state index in [0.29, 0.717) is 0 Å². The fraction of sp³-hybridized carbons (Fsp3) is 0.500. The second-order valence-corrected chi connectivity index (χ2v) is 7.00. The average molecular weight is 311 g/mol. The molecule has 1 aromatic carbocycles. The number of rotatable bonds is 4. The van der Waals surface area contributed by atoms with Gasteiger partial charge in [-0.15, -0.1) is 0 Å². The largest absolute Gasteiger partial charge is 0.335 e. The average Bonchev–Trinajstić information content (AvgIpc) is 2.90. The van der Waals surface area contributed by atoms with E-state index in [9.17, 15) is 13.2 Å². The summed E-state index contributed by atoms with van der Waals surface area (Å²) in [6, 6.07) is 6.06. The van der Waals surface area contributed by atoms with Crippen LogP contribution in [0.15, 0.2) is 29.2 Å². The monoisotopic (exact) mass is 311 g/mol. The van der Waals surface area contributed by atoms with Crippen LogP contribution in [-0.2, 0) is 10.0 Å². The van der Waals surface area contributed by atoms with Crippen LogP contribution in [-0.4, -0.2) is 20.5 Å². The number of carbonyl (C=O) groups excluding carboxylic acids is 1. The van der Waals surface area contributed by atoms with Gasteiger partial charge in [-0.05, 0) is 37.5 Å². The first-order chi connectivity index (χ1) is 9.86. The molecule has 116 valence electrons. The summed E-state index contributed by atoms with van der Waals surface area (Å²) >= 11 is 0. The van der Waals surface area contributed by atoms with Crippen molar-refractivity contribution in [1.29, 1.82) is 0 Å². The lowest BCUT2D eigenvalue weighted by atomic mass is 10.1. The summed E-state index contributed by atoms with van der Waals surface area (Å²) in [6.45, 7) is 1.85. The van der Waals surface area contributed by atoms with Gasteiger partial charge in [-0.1, -0.05) is 25.0 Å². The maximum atomic E-state index is 11.9. The molecule has 7 heteroatoms. The molecule has 1 atom stereocenters. The van der Waals surface area contributed by atoms with E-state index < -0.39 is 10.0 Å². The summed E-state index contributed by atoms with van der Waals surface area (Å²) in [5.41, 5.74) is 0.823. The number of amides is 2. The summed E-state index contributed by atoms with van der Waals surface area (Å²) in [4.78, 5) is 11.9. The molecule has 1 aliphatic carbocycles. The number of primary sulfonamides is 1. The molecule has 1 saturated carbocycles. The van der Waals surface area contributed by atoms with Gasteiger partial charge in [0.2, 0.25) is 10.0 Å². The first kappa shape index (κ1) is 15.8. The van der Waals surface area contributed by atoms with Crippen molar-refractivity contribution < 1.29 is 13.2 Å². The predicted octanol–water partition coefficient (Wildman–Crippen LogP) is 1.64. The van der Waals surface area contributed by atoms with Crippen molar-refractivity contribution in [3.05, 3.63) is 29.8 Å². The summed E-state index contributed by atoms with van der Waals surface area (Å²) in [7, 11) is -3.68. The molecule has 0 unspecified atom stereocenters. The highest BCUT2D eigenvalue weighted by Crippen LogP contribution is 2.18. The van der Waals surface area contributed by atoms with Crippen molar-refractivity contribution in [2.24, 2.45) is 5.14 Å². The van der Waals surface area contributed by atoms with Gasteiger partial charge >= 0.3 is 6.03 Å². The molecule has 2 rings (SSSR count). The Hall–Kier alpha value is -1.60. The van der Waals surface area contributed by atoms with Gasteiger partial charge < -0.3 is 10.6 Å².